The third-order valence-electron chi connectivity index (χ3n) is 4.72. The monoisotopic (exact) mass is 441 g/mol. The number of nitrogens with zero attached hydrogens (tertiary/aromatic N) is 3. The molecule has 0 fully saturated rings. The van der Waals surface area contributed by atoms with Gasteiger partial charge in [-0.15, -0.1) is 0 Å². The molecule has 2 aromatic carbocycles. The maximum Gasteiger partial charge on any atom is 0.261 e. The van der Waals surface area contributed by atoms with Gasteiger partial charge in [-0.3, -0.25) is 4.79 Å². The van der Waals surface area contributed by atoms with Gasteiger partial charge in [0.15, 0.2) is 16.5 Å². The van der Waals surface area contributed by atoms with E-state index in [9.17, 15) is 18.1 Å². The molecule has 0 spiro atoms. The molecule has 9 heteroatoms. The fourth-order valence-electron chi connectivity index (χ4n) is 3.19. The highest BCUT2D eigenvalue weighted by atomic mass is 32.2. The van der Waals surface area contributed by atoms with Gasteiger partial charge in [-0.2, -0.15) is 0 Å². The van der Waals surface area contributed by atoms with E-state index in [4.69, 9.17) is 4.74 Å². The second-order valence-corrected chi connectivity index (χ2v) is 8.45. The van der Waals surface area contributed by atoms with Gasteiger partial charge in [-0.1, -0.05) is 0 Å². The van der Waals surface area contributed by atoms with Crippen LogP contribution in [-0.4, -0.2) is 24.8 Å². The van der Waals surface area contributed by atoms with Gasteiger partial charge < -0.3 is 13.9 Å². The van der Waals surface area contributed by atoms with Crippen molar-refractivity contribution < 1.29 is 18.1 Å². The molecule has 6 nitrogen and oxygen atoms in total. The van der Waals surface area contributed by atoms with Crippen molar-refractivity contribution in [3.05, 3.63) is 77.1 Å². The Labute approximate surface area is 179 Å². The van der Waals surface area contributed by atoms with Crippen LogP contribution in [0.3, 0.4) is 0 Å². The van der Waals surface area contributed by atoms with Gasteiger partial charge in [0.25, 0.3) is 5.56 Å². The summed E-state index contributed by atoms with van der Waals surface area (Å²) in [6, 6.07) is 7.86. The fraction of sp³-hybridized carbons (Fsp3) is 0.136. The summed E-state index contributed by atoms with van der Waals surface area (Å²) in [6.45, 7) is 1.79. The zero-order valence-corrected chi connectivity index (χ0v) is 17.5. The van der Waals surface area contributed by atoms with Crippen molar-refractivity contribution in [1.29, 1.82) is 0 Å². The average molecular weight is 441 g/mol. The molecule has 31 heavy (non-hydrogen) atoms. The molecule has 1 atom stereocenters. The lowest BCUT2D eigenvalue weighted by molar-refractivity contribution is 0.438. The maximum atomic E-state index is 14.2. The SMILES string of the molecule is CC[S+]([O-])c1ccc(Oc2ccc(F)cc2F)c(-c2cn(C)c(=O)c3cncnc23)c1. The predicted octanol–water partition coefficient (Wildman–Crippen LogP) is 4.19. The predicted molar refractivity (Wildman–Crippen MR) is 114 cm³/mol. The number of rotatable bonds is 5. The summed E-state index contributed by atoms with van der Waals surface area (Å²) in [5.41, 5.74) is 1.08. The Bertz CT molecular complexity index is 1340. The minimum Gasteiger partial charge on any atom is -0.611 e. The molecule has 158 valence electrons. The molecular weight excluding hydrogens is 424 g/mol. The molecule has 2 aromatic heterocycles. The van der Waals surface area contributed by atoms with Crippen LogP contribution in [0.4, 0.5) is 8.78 Å². The third-order valence-corrected chi connectivity index (χ3v) is 6.03. The van der Waals surface area contributed by atoms with Crippen molar-refractivity contribution in [3.8, 4) is 22.6 Å². The van der Waals surface area contributed by atoms with E-state index in [-0.39, 0.29) is 17.1 Å². The summed E-state index contributed by atoms with van der Waals surface area (Å²) in [7, 11) is 1.59. The van der Waals surface area contributed by atoms with E-state index >= 15 is 0 Å². The number of fused-ring (bicyclic) bond motifs is 1. The molecule has 2 heterocycles. The Hall–Kier alpha value is -3.30. The first-order valence-electron chi connectivity index (χ1n) is 9.34. The van der Waals surface area contributed by atoms with Crippen molar-refractivity contribution in [3.63, 3.8) is 0 Å². The molecule has 4 rings (SSSR count). The topological polar surface area (TPSA) is 80.1 Å². The molecule has 0 saturated heterocycles. The van der Waals surface area contributed by atoms with E-state index in [2.05, 4.69) is 9.97 Å². The molecule has 0 bridgehead atoms. The van der Waals surface area contributed by atoms with Crippen molar-refractivity contribution in [2.45, 2.75) is 11.8 Å². The van der Waals surface area contributed by atoms with Crippen molar-refractivity contribution in [2.24, 2.45) is 7.05 Å². The van der Waals surface area contributed by atoms with Crippen LogP contribution < -0.4 is 10.3 Å². The van der Waals surface area contributed by atoms with Gasteiger partial charge in [0.05, 0.1) is 10.9 Å². The van der Waals surface area contributed by atoms with Gasteiger partial charge in [-0.05, 0) is 42.4 Å². The molecule has 0 N–H and O–H groups in total. The molecule has 0 aliphatic heterocycles. The minimum atomic E-state index is -1.26. The van der Waals surface area contributed by atoms with E-state index in [0.717, 1.165) is 12.1 Å². The van der Waals surface area contributed by atoms with E-state index in [0.29, 0.717) is 32.7 Å². The van der Waals surface area contributed by atoms with Gasteiger partial charge >= 0.3 is 0 Å². The lowest BCUT2D eigenvalue weighted by Crippen LogP contribution is -2.17. The van der Waals surface area contributed by atoms with Gasteiger partial charge in [0.1, 0.15) is 23.6 Å². The first-order chi connectivity index (χ1) is 14.9. The van der Waals surface area contributed by atoms with Gasteiger partial charge in [-0.25, -0.2) is 18.7 Å². The average Bonchev–Trinajstić information content (AvgIpc) is 2.78. The highest BCUT2D eigenvalue weighted by molar-refractivity contribution is 7.91. The molecule has 0 aliphatic rings. The van der Waals surface area contributed by atoms with Crippen LogP contribution in [0, 0.1) is 11.6 Å². The molecule has 0 amide bonds. The Morgan fingerprint density at radius 3 is 2.65 bits per heavy atom. The number of aromatic nitrogens is 3. The second kappa shape index (κ2) is 8.44. The zero-order chi connectivity index (χ0) is 22.1. The summed E-state index contributed by atoms with van der Waals surface area (Å²) < 4.78 is 47.1. The Morgan fingerprint density at radius 1 is 1.13 bits per heavy atom. The van der Waals surface area contributed by atoms with Crippen LogP contribution in [-0.2, 0) is 18.2 Å². The normalized spacial score (nSPS) is 12.2. The van der Waals surface area contributed by atoms with Crippen molar-refractivity contribution >= 4 is 22.1 Å². The Morgan fingerprint density at radius 2 is 1.90 bits per heavy atom. The largest absolute Gasteiger partial charge is 0.611 e. The van der Waals surface area contributed by atoms with E-state index in [1.165, 1.54) is 23.2 Å². The number of hydrogen-bond donors (Lipinski definition) is 0. The smallest absolute Gasteiger partial charge is 0.261 e. The summed E-state index contributed by atoms with van der Waals surface area (Å²) >= 11 is -1.26. The molecular formula is C22H17F2N3O3S. The van der Waals surface area contributed by atoms with Crippen LogP contribution in [0.2, 0.25) is 0 Å². The number of halogens is 2. The molecule has 4 aromatic rings. The minimum absolute atomic E-state index is 0.171. The molecule has 0 aliphatic carbocycles. The third kappa shape index (κ3) is 4.01. The molecule has 0 radical (unpaired) electrons. The number of hydrogen-bond acceptors (Lipinski definition) is 5. The number of benzene rings is 2. The van der Waals surface area contributed by atoms with Crippen LogP contribution in [0.25, 0.3) is 22.0 Å². The van der Waals surface area contributed by atoms with Gasteiger partial charge in [0, 0.05) is 42.7 Å². The van der Waals surface area contributed by atoms with Crippen LogP contribution in [0.15, 0.2) is 64.8 Å². The summed E-state index contributed by atoms with van der Waals surface area (Å²) in [5, 5.41) is 0.295. The quantitative estimate of drug-likeness (QED) is 0.434. The highest BCUT2D eigenvalue weighted by Crippen LogP contribution is 2.38. The molecule has 1 unspecified atom stereocenters. The Kier molecular flexibility index (Phi) is 5.71. The summed E-state index contributed by atoms with van der Waals surface area (Å²) in [5.74, 6) is -1.11. The van der Waals surface area contributed by atoms with E-state index in [1.807, 2.05) is 0 Å². The molecule has 0 saturated carbocycles. The number of aryl methyl sites for hydroxylation is 1. The maximum absolute atomic E-state index is 14.2. The standard InChI is InChI=1S/C22H17F2N3O3S/c1-3-31(29)14-5-7-19(30-20-6-4-13(23)8-18(20)24)15(9-14)17-11-27(2)22(28)16-10-25-12-26-21(16)17/h4-12H,3H2,1-2H3. The zero-order valence-electron chi connectivity index (χ0n) is 16.6. The highest BCUT2D eigenvalue weighted by Gasteiger charge is 2.20. The van der Waals surface area contributed by atoms with Crippen LogP contribution in [0.1, 0.15) is 6.92 Å². The number of ether oxygens (including phenoxy) is 1. The second-order valence-electron chi connectivity index (χ2n) is 6.71. The lowest BCUT2D eigenvalue weighted by Gasteiger charge is -2.16. The van der Waals surface area contributed by atoms with E-state index < -0.39 is 22.8 Å². The van der Waals surface area contributed by atoms with E-state index in [1.54, 1.807) is 38.4 Å². The van der Waals surface area contributed by atoms with Crippen LogP contribution >= 0.6 is 0 Å². The number of pyridine rings is 1. The van der Waals surface area contributed by atoms with Gasteiger partial charge in [0.2, 0.25) is 0 Å². The first-order valence-corrected chi connectivity index (χ1v) is 10.7. The summed E-state index contributed by atoms with van der Waals surface area (Å²) in [4.78, 5) is 21.2. The van der Waals surface area contributed by atoms with Crippen molar-refractivity contribution in [2.75, 3.05) is 5.75 Å². The Balaban J connectivity index is 1.96. The van der Waals surface area contributed by atoms with Crippen LogP contribution in [0.5, 0.6) is 11.5 Å². The summed E-state index contributed by atoms with van der Waals surface area (Å²) in [6.07, 6.45) is 4.32. The first kappa shape index (κ1) is 21.0. The van der Waals surface area contributed by atoms with Crippen molar-refractivity contribution in [1.82, 2.24) is 14.5 Å². The lowest BCUT2D eigenvalue weighted by atomic mass is 10.0. The fourth-order valence-corrected chi connectivity index (χ4v) is 4.00.